The van der Waals surface area contributed by atoms with Crippen LogP contribution in [-0.4, -0.2) is 19.7 Å². The predicted molar refractivity (Wildman–Crippen MR) is 87.1 cm³/mol. The first kappa shape index (κ1) is 16.1. The monoisotopic (exact) mass is 298 g/mol. The van der Waals surface area contributed by atoms with Gasteiger partial charge in [-0.1, -0.05) is 42.5 Å². The van der Waals surface area contributed by atoms with Crippen molar-refractivity contribution in [1.82, 2.24) is 0 Å². The van der Waals surface area contributed by atoms with Gasteiger partial charge in [0.05, 0.1) is 20.1 Å². The molecular formula is C19H22O3. The van der Waals surface area contributed by atoms with Gasteiger partial charge in [-0.3, -0.25) is 4.79 Å². The predicted octanol–water partition coefficient (Wildman–Crippen LogP) is 3.97. The molecule has 0 aliphatic rings. The second-order valence-corrected chi connectivity index (χ2v) is 5.17. The maximum absolute atomic E-state index is 11.9. The third-order valence-electron chi connectivity index (χ3n) is 3.61. The molecule has 0 aromatic heterocycles. The molecule has 1 atom stereocenters. The number of hydrogen-bond donors (Lipinski definition) is 0. The lowest BCUT2D eigenvalue weighted by atomic mass is 9.89. The normalized spacial score (nSPS) is 11.7. The number of methoxy groups -OCH3 is 1. The molecule has 0 spiro atoms. The van der Waals surface area contributed by atoms with E-state index >= 15 is 0 Å². The average Bonchev–Trinajstić information content (AvgIpc) is 2.55. The summed E-state index contributed by atoms with van der Waals surface area (Å²) >= 11 is 0. The molecule has 0 bridgehead atoms. The van der Waals surface area contributed by atoms with Gasteiger partial charge in [0, 0.05) is 0 Å². The van der Waals surface area contributed by atoms with Crippen molar-refractivity contribution >= 4 is 5.97 Å². The van der Waals surface area contributed by atoms with Gasteiger partial charge in [0.15, 0.2) is 0 Å². The molecule has 0 radical (unpaired) electrons. The fourth-order valence-corrected chi connectivity index (χ4v) is 2.54. The van der Waals surface area contributed by atoms with Crippen LogP contribution in [0.1, 0.15) is 30.4 Å². The van der Waals surface area contributed by atoms with Crippen LogP contribution in [0.5, 0.6) is 5.75 Å². The third-order valence-corrected chi connectivity index (χ3v) is 3.61. The van der Waals surface area contributed by atoms with E-state index < -0.39 is 0 Å². The average molecular weight is 298 g/mol. The summed E-state index contributed by atoms with van der Waals surface area (Å²) < 4.78 is 10.4. The first-order valence-corrected chi connectivity index (χ1v) is 7.56. The fraction of sp³-hybridized carbons (Fsp3) is 0.316. The molecule has 22 heavy (non-hydrogen) atoms. The minimum absolute atomic E-state index is 0.104. The van der Waals surface area contributed by atoms with Crippen LogP contribution in [0.25, 0.3) is 0 Å². The first-order valence-electron chi connectivity index (χ1n) is 7.56. The smallest absolute Gasteiger partial charge is 0.306 e. The Balaban J connectivity index is 2.18. The van der Waals surface area contributed by atoms with Crippen LogP contribution in [-0.2, 0) is 16.0 Å². The van der Waals surface area contributed by atoms with Gasteiger partial charge in [-0.2, -0.15) is 0 Å². The lowest BCUT2D eigenvalue weighted by Crippen LogP contribution is -2.12. The summed E-state index contributed by atoms with van der Waals surface area (Å²) in [7, 11) is 1.66. The maximum Gasteiger partial charge on any atom is 0.306 e. The highest BCUT2D eigenvalue weighted by Crippen LogP contribution is 2.26. The molecule has 0 saturated carbocycles. The summed E-state index contributed by atoms with van der Waals surface area (Å²) in [6.07, 6.45) is 1.16. The number of benzene rings is 2. The van der Waals surface area contributed by atoms with E-state index in [9.17, 15) is 4.79 Å². The Labute approximate surface area is 131 Å². The molecule has 2 rings (SSSR count). The molecule has 0 aliphatic carbocycles. The van der Waals surface area contributed by atoms with Crippen molar-refractivity contribution in [2.75, 3.05) is 13.7 Å². The van der Waals surface area contributed by atoms with Crippen molar-refractivity contribution in [3.8, 4) is 5.75 Å². The second kappa shape index (κ2) is 8.23. The zero-order chi connectivity index (χ0) is 15.8. The molecule has 2 aromatic rings. The molecule has 116 valence electrons. The quantitative estimate of drug-likeness (QED) is 0.725. The highest BCUT2D eigenvalue weighted by molar-refractivity contribution is 5.70. The van der Waals surface area contributed by atoms with Crippen molar-refractivity contribution in [2.24, 2.45) is 0 Å². The van der Waals surface area contributed by atoms with Crippen molar-refractivity contribution in [2.45, 2.75) is 25.7 Å². The summed E-state index contributed by atoms with van der Waals surface area (Å²) in [5, 5.41) is 0. The Kier molecular flexibility index (Phi) is 6.01. The van der Waals surface area contributed by atoms with E-state index in [-0.39, 0.29) is 11.9 Å². The Morgan fingerprint density at radius 2 is 1.86 bits per heavy atom. The van der Waals surface area contributed by atoms with Crippen LogP contribution in [0.15, 0.2) is 54.6 Å². The van der Waals surface area contributed by atoms with Gasteiger partial charge in [0.1, 0.15) is 5.75 Å². The topological polar surface area (TPSA) is 35.5 Å². The molecule has 0 fully saturated rings. The van der Waals surface area contributed by atoms with Crippen molar-refractivity contribution in [1.29, 1.82) is 0 Å². The van der Waals surface area contributed by atoms with Crippen LogP contribution >= 0.6 is 0 Å². The summed E-state index contributed by atoms with van der Waals surface area (Å²) in [5.41, 5.74) is 2.30. The van der Waals surface area contributed by atoms with E-state index in [0.29, 0.717) is 13.0 Å². The summed E-state index contributed by atoms with van der Waals surface area (Å²) in [5.74, 6) is 0.784. The molecule has 0 aliphatic heterocycles. The Bertz CT molecular complexity index is 593. The number of rotatable bonds is 7. The second-order valence-electron chi connectivity index (χ2n) is 5.17. The van der Waals surface area contributed by atoms with Gasteiger partial charge in [-0.25, -0.2) is 0 Å². The standard InChI is InChI=1S/C19H22O3/c1-3-22-19(20)14-17(16-9-5-4-6-10-16)12-15-8-7-11-18(13-15)21-2/h4-11,13,17H,3,12,14H2,1-2H3. The zero-order valence-electron chi connectivity index (χ0n) is 13.1. The number of hydrogen-bond acceptors (Lipinski definition) is 3. The van der Waals surface area contributed by atoms with Crippen LogP contribution in [0.3, 0.4) is 0 Å². The number of carbonyl (C=O) groups is 1. The molecule has 0 amide bonds. The molecule has 2 aromatic carbocycles. The SMILES string of the molecule is CCOC(=O)CC(Cc1cccc(OC)c1)c1ccccc1. The van der Waals surface area contributed by atoms with E-state index in [1.807, 2.05) is 43.3 Å². The highest BCUT2D eigenvalue weighted by atomic mass is 16.5. The molecule has 0 N–H and O–H groups in total. The van der Waals surface area contributed by atoms with Gasteiger partial charge in [-0.15, -0.1) is 0 Å². The minimum Gasteiger partial charge on any atom is -0.497 e. The van der Waals surface area contributed by atoms with Gasteiger partial charge in [0.2, 0.25) is 0 Å². The summed E-state index contributed by atoms with van der Waals surface area (Å²) in [6, 6.07) is 18.1. The number of esters is 1. The third kappa shape index (κ3) is 4.62. The van der Waals surface area contributed by atoms with Crippen LogP contribution in [0.4, 0.5) is 0 Å². The molecule has 0 saturated heterocycles. The number of ether oxygens (including phenoxy) is 2. The van der Waals surface area contributed by atoms with Crippen LogP contribution in [0, 0.1) is 0 Å². The molecule has 0 heterocycles. The van der Waals surface area contributed by atoms with Gasteiger partial charge < -0.3 is 9.47 Å². The van der Waals surface area contributed by atoms with E-state index in [1.165, 1.54) is 0 Å². The Hall–Kier alpha value is -2.29. The van der Waals surface area contributed by atoms with Crippen molar-refractivity contribution in [3.63, 3.8) is 0 Å². The van der Waals surface area contributed by atoms with Crippen molar-refractivity contribution < 1.29 is 14.3 Å². The Morgan fingerprint density at radius 1 is 1.09 bits per heavy atom. The van der Waals surface area contributed by atoms with Gasteiger partial charge in [0.25, 0.3) is 0 Å². The summed E-state index contributed by atoms with van der Waals surface area (Å²) in [6.45, 7) is 2.25. The molecule has 1 unspecified atom stereocenters. The first-order chi connectivity index (χ1) is 10.7. The van der Waals surface area contributed by atoms with Gasteiger partial charge in [-0.05, 0) is 42.5 Å². The van der Waals surface area contributed by atoms with E-state index in [1.54, 1.807) is 7.11 Å². The van der Waals surface area contributed by atoms with E-state index in [4.69, 9.17) is 9.47 Å². The molecular weight excluding hydrogens is 276 g/mol. The zero-order valence-corrected chi connectivity index (χ0v) is 13.1. The lowest BCUT2D eigenvalue weighted by Gasteiger charge is -2.17. The van der Waals surface area contributed by atoms with Crippen LogP contribution in [0.2, 0.25) is 0 Å². The molecule has 3 heteroatoms. The fourth-order valence-electron chi connectivity index (χ4n) is 2.54. The lowest BCUT2D eigenvalue weighted by molar-refractivity contribution is -0.143. The highest BCUT2D eigenvalue weighted by Gasteiger charge is 2.17. The minimum atomic E-state index is -0.153. The molecule has 3 nitrogen and oxygen atoms in total. The maximum atomic E-state index is 11.9. The summed E-state index contributed by atoms with van der Waals surface area (Å²) in [4.78, 5) is 11.9. The largest absolute Gasteiger partial charge is 0.497 e. The van der Waals surface area contributed by atoms with Crippen molar-refractivity contribution in [3.05, 3.63) is 65.7 Å². The van der Waals surface area contributed by atoms with Gasteiger partial charge >= 0.3 is 5.97 Å². The van der Waals surface area contributed by atoms with Crippen LogP contribution < -0.4 is 4.74 Å². The van der Waals surface area contributed by atoms with E-state index in [2.05, 4.69) is 18.2 Å². The van der Waals surface area contributed by atoms with E-state index in [0.717, 1.165) is 23.3 Å². The number of carbonyl (C=O) groups excluding carboxylic acids is 1. The Morgan fingerprint density at radius 3 is 2.55 bits per heavy atom.